The van der Waals surface area contributed by atoms with Crippen molar-refractivity contribution < 1.29 is 17.9 Å². The van der Waals surface area contributed by atoms with Crippen LogP contribution in [0.4, 0.5) is 4.39 Å². The van der Waals surface area contributed by atoms with E-state index in [0.29, 0.717) is 24.7 Å². The van der Waals surface area contributed by atoms with Crippen LogP contribution in [0.3, 0.4) is 0 Å². The first kappa shape index (κ1) is 15.4. The number of aliphatic hydroxyl groups excluding tert-OH is 1. The molecule has 0 aliphatic heterocycles. The Bertz CT molecular complexity index is 540. The lowest BCUT2D eigenvalue weighted by molar-refractivity contribution is 0.112. The fourth-order valence-electron chi connectivity index (χ4n) is 2.16. The maximum atomic E-state index is 12.8. The molecule has 1 aliphatic rings. The highest BCUT2D eigenvalue weighted by atomic mass is 32.2. The predicted octanol–water partition coefficient (Wildman–Crippen LogP) is 1.37. The topological polar surface area (TPSA) is 57.6 Å². The molecule has 112 valence electrons. The van der Waals surface area contributed by atoms with Gasteiger partial charge in [0.15, 0.2) is 0 Å². The average molecular weight is 301 g/mol. The van der Waals surface area contributed by atoms with E-state index in [0.717, 1.165) is 12.8 Å². The number of aliphatic hydroxyl groups is 1. The van der Waals surface area contributed by atoms with Gasteiger partial charge >= 0.3 is 0 Å². The maximum Gasteiger partial charge on any atom is 0.148 e. The largest absolute Gasteiger partial charge is 0.387 e. The highest BCUT2D eigenvalue weighted by molar-refractivity contribution is 7.90. The van der Waals surface area contributed by atoms with Gasteiger partial charge in [0.2, 0.25) is 0 Å². The van der Waals surface area contributed by atoms with Crippen molar-refractivity contribution in [3.8, 4) is 0 Å². The minimum atomic E-state index is -3.00. The third-order valence-electron chi connectivity index (χ3n) is 3.47. The first-order valence-corrected chi connectivity index (χ1v) is 8.76. The Hall–Kier alpha value is -0.980. The van der Waals surface area contributed by atoms with Gasteiger partial charge in [0.05, 0.1) is 11.9 Å². The zero-order valence-electron chi connectivity index (χ0n) is 11.5. The average Bonchev–Trinajstić information content (AvgIpc) is 3.18. The Morgan fingerprint density at radius 3 is 2.45 bits per heavy atom. The van der Waals surface area contributed by atoms with Crippen LogP contribution in [0.2, 0.25) is 0 Å². The molecule has 1 aromatic rings. The fourth-order valence-corrected chi connectivity index (χ4v) is 2.72. The molecule has 0 spiro atoms. The molecular formula is C14H20FNO3S. The number of hydrogen-bond acceptors (Lipinski definition) is 4. The molecule has 0 amide bonds. The van der Waals surface area contributed by atoms with Crippen molar-refractivity contribution in [3.05, 3.63) is 35.6 Å². The van der Waals surface area contributed by atoms with Gasteiger partial charge in [-0.2, -0.15) is 0 Å². The molecule has 0 bridgehead atoms. The van der Waals surface area contributed by atoms with Crippen LogP contribution in [-0.4, -0.2) is 49.6 Å². The summed E-state index contributed by atoms with van der Waals surface area (Å²) in [6.45, 7) is 0.813. The van der Waals surface area contributed by atoms with Crippen LogP contribution in [0.15, 0.2) is 24.3 Å². The van der Waals surface area contributed by atoms with Gasteiger partial charge in [0, 0.05) is 25.4 Å². The van der Waals surface area contributed by atoms with E-state index in [9.17, 15) is 17.9 Å². The molecule has 0 unspecified atom stereocenters. The molecule has 6 heteroatoms. The Morgan fingerprint density at radius 1 is 1.35 bits per heavy atom. The lowest BCUT2D eigenvalue weighted by Gasteiger charge is -2.24. The Labute approximate surface area is 119 Å². The molecule has 4 nitrogen and oxygen atoms in total. The van der Waals surface area contributed by atoms with Crippen molar-refractivity contribution in [2.45, 2.75) is 25.0 Å². The molecule has 1 atom stereocenters. The third kappa shape index (κ3) is 4.85. The lowest BCUT2D eigenvalue weighted by atomic mass is 10.1. The molecular weight excluding hydrogens is 281 g/mol. The number of halogens is 1. The molecule has 0 radical (unpaired) electrons. The summed E-state index contributed by atoms with van der Waals surface area (Å²) in [5.41, 5.74) is 0.649. The van der Waals surface area contributed by atoms with Crippen molar-refractivity contribution >= 4 is 9.84 Å². The van der Waals surface area contributed by atoms with Crippen molar-refractivity contribution in [1.82, 2.24) is 4.90 Å². The van der Waals surface area contributed by atoms with Crippen molar-refractivity contribution in [2.24, 2.45) is 0 Å². The third-order valence-corrected chi connectivity index (χ3v) is 4.40. The van der Waals surface area contributed by atoms with E-state index >= 15 is 0 Å². The molecule has 0 aromatic heterocycles. The molecule has 0 heterocycles. The molecule has 1 saturated carbocycles. The highest BCUT2D eigenvalue weighted by Crippen LogP contribution is 2.28. The zero-order valence-corrected chi connectivity index (χ0v) is 12.3. The van der Waals surface area contributed by atoms with Crippen LogP contribution in [0, 0.1) is 5.82 Å². The van der Waals surface area contributed by atoms with E-state index in [4.69, 9.17) is 0 Å². The van der Waals surface area contributed by atoms with Gasteiger partial charge in [0.1, 0.15) is 15.7 Å². The second-order valence-electron chi connectivity index (χ2n) is 5.42. The van der Waals surface area contributed by atoms with E-state index in [-0.39, 0.29) is 11.6 Å². The van der Waals surface area contributed by atoms with Crippen LogP contribution in [0.25, 0.3) is 0 Å². The smallest absolute Gasteiger partial charge is 0.148 e. The maximum absolute atomic E-state index is 12.8. The van der Waals surface area contributed by atoms with Gasteiger partial charge in [0.25, 0.3) is 0 Å². The Balaban J connectivity index is 1.95. The molecule has 0 saturated heterocycles. The SMILES string of the molecule is CS(=O)(=O)CCN(C[C@@H](O)c1ccc(F)cc1)C1CC1. The van der Waals surface area contributed by atoms with Crippen LogP contribution < -0.4 is 0 Å². The summed E-state index contributed by atoms with van der Waals surface area (Å²) < 4.78 is 35.3. The summed E-state index contributed by atoms with van der Waals surface area (Å²) in [4.78, 5) is 2.01. The Morgan fingerprint density at radius 2 is 1.95 bits per heavy atom. The van der Waals surface area contributed by atoms with Gasteiger partial charge in [-0.15, -0.1) is 0 Å². The van der Waals surface area contributed by atoms with Crippen LogP contribution in [-0.2, 0) is 9.84 Å². The molecule has 2 rings (SSSR count). The quantitative estimate of drug-likeness (QED) is 0.826. The number of benzene rings is 1. The molecule has 1 N–H and O–H groups in total. The number of sulfone groups is 1. The highest BCUT2D eigenvalue weighted by Gasteiger charge is 2.30. The molecule has 1 aliphatic carbocycles. The summed E-state index contributed by atoms with van der Waals surface area (Å²) in [5.74, 6) is -0.239. The van der Waals surface area contributed by atoms with E-state index in [1.165, 1.54) is 18.4 Å². The van der Waals surface area contributed by atoms with Gasteiger partial charge in [-0.25, -0.2) is 12.8 Å². The first-order valence-electron chi connectivity index (χ1n) is 6.70. The summed E-state index contributed by atoms with van der Waals surface area (Å²) in [6.07, 6.45) is 2.57. The van der Waals surface area contributed by atoms with Crippen molar-refractivity contribution in [3.63, 3.8) is 0 Å². The minimum Gasteiger partial charge on any atom is -0.387 e. The number of rotatable bonds is 7. The second-order valence-corrected chi connectivity index (χ2v) is 7.68. The summed E-state index contributed by atoms with van der Waals surface area (Å²) in [5, 5.41) is 10.2. The first-order chi connectivity index (χ1) is 9.35. The van der Waals surface area contributed by atoms with Gasteiger partial charge < -0.3 is 5.11 Å². The minimum absolute atomic E-state index is 0.0969. The standard InChI is InChI=1S/C14H20FNO3S/c1-20(18,19)9-8-16(13-6-7-13)10-14(17)11-2-4-12(15)5-3-11/h2-5,13-14,17H,6-10H2,1H3/t14-/m1/s1. The van der Waals surface area contributed by atoms with E-state index in [2.05, 4.69) is 0 Å². The van der Waals surface area contributed by atoms with E-state index in [1.807, 2.05) is 4.90 Å². The zero-order chi connectivity index (χ0) is 14.8. The van der Waals surface area contributed by atoms with E-state index < -0.39 is 15.9 Å². The van der Waals surface area contributed by atoms with Gasteiger partial charge in [-0.05, 0) is 30.5 Å². The molecule has 20 heavy (non-hydrogen) atoms. The normalized spacial score (nSPS) is 17.4. The van der Waals surface area contributed by atoms with Crippen LogP contribution >= 0.6 is 0 Å². The van der Waals surface area contributed by atoms with Crippen LogP contribution in [0.5, 0.6) is 0 Å². The molecule has 1 aromatic carbocycles. The fraction of sp³-hybridized carbons (Fsp3) is 0.571. The summed E-state index contributed by atoms with van der Waals surface area (Å²) in [7, 11) is -3.00. The van der Waals surface area contributed by atoms with E-state index in [1.54, 1.807) is 12.1 Å². The lowest BCUT2D eigenvalue weighted by Crippen LogP contribution is -2.34. The van der Waals surface area contributed by atoms with Crippen LogP contribution in [0.1, 0.15) is 24.5 Å². The van der Waals surface area contributed by atoms with Crippen molar-refractivity contribution in [2.75, 3.05) is 25.1 Å². The summed E-state index contributed by atoms with van der Waals surface area (Å²) in [6, 6.07) is 6.11. The van der Waals surface area contributed by atoms with Crippen molar-refractivity contribution in [1.29, 1.82) is 0 Å². The second kappa shape index (κ2) is 6.20. The monoisotopic (exact) mass is 301 g/mol. The predicted molar refractivity (Wildman–Crippen MR) is 75.7 cm³/mol. The van der Waals surface area contributed by atoms with Gasteiger partial charge in [-0.3, -0.25) is 4.90 Å². The number of hydrogen-bond donors (Lipinski definition) is 1. The molecule has 1 fully saturated rings. The Kier molecular flexibility index (Phi) is 4.78. The summed E-state index contributed by atoms with van der Waals surface area (Å²) >= 11 is 0. The number of nitrogens with zero attached hydrogens (tertiary/aromatic N) is 1. The van der Waals surface area contributed by atoms with Gasteiger partial charge in [-0.1, -0.05) is 12.1 Å².